The van der Waals surface area contributed by atoms with Crippen molar-refractivity contribution in [1.29, 1.82) is 0 Å². The molecule has 1 N–H and O–H groups in total. The van der Waals surface area contributed by atoms with Gasteiger partial charge in [0.15, 0.2) is 6.61 Å². The minimum Gasteiger partial charge on any atom is -0.452 e. The monoisotopic (exact) mass is 366 g/mol. The number of carbonyl (C=O) groups is 2. The fourth-order valence-electron chi connectivity index (χ4n) is 2.05. The van der Waals surface area contributed by atoms with Gasteiger partial charge in [-0.3, -0.25) is 14.9 Å². The van der Waals surface area contributed by atoms with Gasteiger partial charge in [-0.25, -0.2) is 9.18 Å². The molecular weight excluding hydrogens is 355 g/mol. The molecule has 0 spiro atoms. The van der Waals surface area contributed by atoms with Gasteiger partial charge in [0.2, 0.25) is 0 Å². The first kappa shape index (κ1) is 18.3. The van der Waals surface area contributed by atoms with E-state index in [4.69, 9.17) is 16.3 Å². The third kappa shape index (κ3) is 4.51. The first-order valence-corrected chi connectivity index (χ1v) is 7.33. The van der Waals surface area contributed by atoms with Crippen LogP contribution in [0.25, 0.3) is 0 Å². The van der Waals surface area contributed by atoms with Crippen molar-refractivity contribution in [3.05, 3.63) is 68.5 Å². The summed E-state index contributed by atoms with van der Waals surface area (Å²) >= 11 is 5.60. The Morgan fingerprint density at radius 1 is 1.32 bits per heavy atom. The molecule has 1 amide bonds. The van der Waals surface area contributed by atoms with Gasteiger partial charge in [-0.2, -0.15) is 0 Å². The van der Waals surface area contributed by atoms with Crippen molar-refractivity contribution in [2.24, 2.45) is 0 Å². The predicted octanol–water partition coefficient (Wildman–Crippen LogP) is 3.49. The van der Waals surface area contributed by atoms with Gasteiger partial charge in [0.1, 0.15) is 11.4 Å². The van der Waals surface area contributed by atoms with Gasteiger partial charge >= 0.3 is 5.97 Å². The van der Waals surface area contributed by atoms with Crippen LogP contribution in [0.1, 0.15) is 15.9 Å². The fourth-order valence-corrected chi connectivity index (χ4v) is 2.21. The summed E-state index contributed by atoms with van der Waals surface area (Å²) in [5.74, 6) is -2.58. The van der Waals surface area contributed by atoms with E-state index in [1.165, 1.54) is 37.3 Å². The van der Waals surface area contributed by atoms with Crippen LogP contribution in [0.4, 0.5) is 15.8 Å². The number of anilines is 1. The number of benzene rings is 2. The molecule has 0 aliphatic carbocycles. The minimum absolute atomic E-state index is 0.132. The van der Waals surface area contributed by atoms with Gasteiger partial charge in [0.05, 0.1) is 10.6 Å². The molecule has 2 aromatic carbocycles. The number of esters is 1. The number of nitro groups is 1. The smallest absolute Gasteiger partial charge is 0.345 e. The standard InChI is InChI=1S/C16H12ClFN2O5/c1-9-3-2-4-11(15(9)20(23)24)16(22)25-8-14(21)19-13-6-5-10(17)7-12(13)18/h2-7H,8H2,1H3,(H,19,21). The summed E-state index contributed by atoms with van der Waals surface area (Å²) in [5.41, 5.74) is -0.508. The quantitative estimate of drug-likeness (QED) is 0.496. The highest BCUT2D eigenvalue weighted by atomic mass is 35.5. The summed E-state index contributed by atoms with van der Waals surface area (Å²) in [5, 5.41) is 13.4. The number of hydrogen-bond acceptors (Lipinski definition) is 5. The molecule has 0 aliphatic heterocycles. The number of ether oxygens (including phenoxy) is 1. The normalized spacial score (nSPS) is 10.2. The van der Waals surface area contributed by atoms with Gasteiger partial charge in [0.25, 0.3) is 11.6 Å². The Kier molecular flexibility index (Phi) is 5.66. The van der Waals surface area contributed by atoms with E-state index in [0.717, 1.165) is 6.07 Å². The first-order chi connectivity index (χ1) is 11.8. The van der Waals surface area contributed by atoms with Crippen LogP contribution in [-0.4, -0.2) is 23.4 Å². The second-order valence-electron chi connectivity index (χ2n) is 4.98. The summed E-state index contributed by atoms with van der Waals surface area (Å²) < 4.78 is 18.3. The number of amides is 1. The van der Waals surface area contributed by atoms with Crippen molar-refractivity contribution < 1.29 is 23.6 Å². The lowest BCUT2D eigenvalue weighted by Crippen LogP contribution is -2.22. The Bertz CT molecular complexity index is 856. The number of rotatable bonds is 5. The van der Waals surface area contributed by atoms with Crippen LogP contribution < -0.4 is 5.32 Å². The van der Waals surface area contributed by atoms with Gasteiger partial charge in [-0.05, 0) is 31.2 Å². The van der Waals surface area contributed by atoms with Crippen molar-refractivity contribution in [2.45, 2.75) is 6.92 Å². The second kappa shape index (κ2) is 7.71. The molecule has 0 atom stereocenters. The molecule has 25 heavy (non-hydrogen) atoms. The maximum absolute atomic E-state index is 13.6. The fraction of sp³-hybridized carbons (Fsp3) is 0.125. The van der Waals surface area contributed by atoms with Crippen LogP contribution in [0.3, 0.4) is 0 Å². The Hall–Kier alpha value is -3.00. The molecule has 0 aliphatic rings. The molecule has 0 saturated carbocycles. The van der Waals surface area contributed by atoms with E-state index in [1.807, 2.05) is 0 Å². The van der Waals surface area contributed by atoms with Gasteiger partial charge in [0, 0.05) is 10.6 Å². The van der Waals surface area contributed by atoms with Crippen molar-refractivity contribution in [3.63, 3.8) is 0 Å². The zero-order valence-electron chi connectivity index (χ0n) is 12.9. The van der Waals surface area contributed by atoms with E-state index in [2.05, 4.69) is 5.32 Å². The highest BCUT2D eigenvalue weighted by Gasteiger charge is 2.24. The number of carbonyl (C=O) groups excluding carboxylic acids is 2. The number of hydrogen-bond donors (Lipinski definition) is 1. The molecule has 2 aromatic rings. The number of halogens is 2. The molecule has 0 heterocycles. The number of nitrogens with zero attached hydrogens (tertiary/aromatic N) is 1. The highest BCUT2D eigenvalue weighted by Crippen LogP contribution is 2.24. The molecule has 0 bridgehead atoms. The van der Waals surface area contributed by atoms with Crippen LogP contribution in [0, 0.1) is 22.9 Å². The molecule has 0 fully saturated rings. The van der Waals surface area contributed by atoms with Gasteiger partial charge in [-0.1, -0.05) is 23.7 Å². The van der Waals surface area contributed by atoms with E-state index in [-0.39, 0.29) is 21.8 Å². The zero-order valence-corrected chi connectivity index (χ0v) is 13.7. The van der Waals surface area contributed by atoms with Crippen LogP contribution >= 0.6 is 11.6 Å². The van der Waals surface area contributed by atoms with Crippen molar-refractivity contribution in [1.82, 2.24) is 0 Å². The molecule has 0 unspecified atom stereocenters. The van der Waals surface area contributed by atoms with Crippen molar-refractivity contribution in [2.75, 3.05) is 11.9 Å². The Morgan fingerprint density at radius 3 is 2.68 bits per heavy atom. The van der Waals surface area contributed by atoms with E-state index < -0.39 is 34.9 Å². The van der Waals surface area contributed by atoms with Crippen molar-refractivity contribution in [3.8, 4) is 0 Å². The van der Waals surface area contributed by atoms with E-state index >= 15 is 0 Å². The average Bonchev–Trinajstić information content (AvgIpc) is 2.54. The van der Waals surface area contributed by atoms with Crippen LogP contribution in [-0.2, 0) is 9.53 Å². The summed E-state index contributed by atoms with van der Waals surface area (Å²) in [6.07, 6.45) is 0. The average molecular weight is 367 g/mol. The first-order valence-electron chi connectivity index (χ1n) is 6.95. The Labute approximate surface area is 146 Å². The minimum atomic E-state index is -1.03. The van der Waals surface area contributed by atoms with E-state index in [9.17, 15) is 24.1 Å². The maximum Gasteiger partial charge on any atom is 0.345 e. The lowest BCUT2D eigenvalue weighted by molar-refractivity contribution is -0.385. The number of aryl methyl sites for hydroxylation is 1. The third-order valence-electron chi connectivity index (χ3n) is 3.18. The summed E-state index contributed by atoms with van der Waals surface area (Å²) in [6, 6.07) is 7.81. The lowest BCUT2D eigenvalue weighted by Gasteiger charge is -2.08. The molecule has 0 radical (unpaired) electrons. The van der Waals surface area contributed by atoms with Crippen molar-refractivity contribution >= 4 is 34.9 Å². The number of nitrogens with one attached hydrogen (secondary N) is 1. The predicted molar refractivity (Wildman–Crippen MR) is 88.2 cm³/mol. The number of nitro benzene ring substituents is 1. The molecule has 130 valence electrons. The molecule has 0 saturated heterocycles. The number of para-hydroxylation sites is 1. The summed E-state index contributed by atoms with van der Waals surface area (Å²) in [6.45, 7) is 0.747. The molecule has 0 aromatic heterocycles. The molecule has 9 heteroatoms. The van der Waals surface area contributed by atoms with E-state index in [0.29, 0.717) is 0 Å². The maximum atomic E-state index is 13.6. The second-order valence-corrected chi connectivity index (χ2v) is 5.41. The van der Waals surface area contributed by atoms with Crippen LogP contribution in [0.15, 0.2) is 36.4 Å². The van der Waals surface area contributed by atoms with Crippen LogP contribution in [0.2, 0.25) is 5.02 Å². The lowest BCUT2D eigenvalue weighted by atomic mass is 10.1. The highest BCUT2D eigenvalue weighted by molar-refractivity contribution is 6.30. The topological polar surface area (TPSA) is 98.5 Å². The van der Waals surface area contributed by atoms with Gasteiger partial charge < -0.3 is 10.1 Å². The summed E-state index contributed by atoms with van der Waals surface area (Å²) in [7, 11) is 0. The zero-order chi connectivity index (χ0) is 18.6. The molecular formula is C16H12ClFN2O5. The van der Waals surface area contributed by atoms with Gasteiger partial charge in [-0.15, -0.1) is 0 Å². The Morgan fingerprint density at radius 2 is 2.04 bits per heavy atom. The molecule has 7 nitrogen and oxygen atoms in total. The third-order valence-corrected chi connectivity index (χ3v) is 3.41. The molecule has 2 rings (SSSR count). The SMILES string of the molecule is Cc1cccc(C(=O)OCC(=O)Nc2ccc(Cl)cc2F)c1[N+](=O)[O-]. The Balaban J connectivity index is 2.04. The largest absolute Gasteiger partial charge is 0.452 e. The van der Waals surface area contributed by atoms with Crippen LogP contribution in [0.5, 0.6) is 0 Å². The summed E-state index contributed by atoms with van der Waals surface area (Å²) in [4.78, 5) is 34.1. The van der Waals surface area contributed by atoms with E-state index in [1.54, 1.807) is 0 Å².